The zero-order valence-electron chi connectivity index (χ0n) is 17.8. The van der Waals surface area contributed by atoms with Crippen LogP contribution in [0.1, 0.15) is 32.9 Å². The van der Waals surface area contributed by atoms with E-state index in [4.69, 9.17) is 9.26 Å². The van der Waals surface area contributed by atoms with Crippen LogP contribution in [0.3, 0.4) is 0 Å². The average Bonchev–Trinajstić information content (AvgIpc) is 3.14. The first-order valence-electron chi connectivity index (χ1n) is 10.3. The van der Waals surface area contributed by atoms with Crippen molar-refractivity contribution in [3.63, 3.8) is 0 Å². The van der Waals surface area contributed by atoms with Gasteiger partial charge < -0.3 is 19.5 Å². The second-order valence-corrected chi connectivity index (χ2v) is 8.37. The fourth-order valence-electron chi connectivity index (χ4n) is 3.54. The molecule has 2 aromatic heterocycles. The minimum atomic E-state index is -0.0985. The van der Waals surface area contributed by atoms with Gasteiger partial charge in [0.25, 0.3) is 5.91 Å². The molecule has 0 unspecified atom stereocenters. The van der Waals surface area contributed by atoms with Gasteiger partial charge in [-0.3, -0.25) is 4.79 Å². The lowest BCUT2D eigenvalue weighted by Crippen LogP contribution is -2.37. The Labute approximate surface area is 186 Å². The van der Waals surface area contributed by atoms with Gasteiger partial charge in [-0.1, -0.05) is 23.4 Å². The van der Waals surface area contributed by atoms with Crippen molar-refractivity contribution in [2.45, 2.75) is 31.0 Å². The zero-order valence-corrected chi connectivity index (χ0v) is 18.6. The summed E-state index contributed by atoms with van der Waals surface area (Å²) < 4.78 is 10.7. The molecule has 1 aliphatic rings. The number of rotatable bonds is 7. The number of nitrogens with zero attached hydrogens (tertiary/aromatic N) is 3. The van der Waals surface area contributed by atoms with E-state index in [1.165, 1.54) is 0 Å². The number of aromatic nitrogens is 2. The van der Waals surface area contributed by atoms with Crippen molar-refractivity contribution in [2.24, 2.45) is 0 Å². The van der Waals surface area contributed by atoms with E-state index in [-0.39, 0.29) is 5.91 Å². The van der Waals surface area contributed by atoms with E-state index in [1.54, 1.807) is 18.0 Å². The van der Waals surface area contributed by atoms with Crippen LogP contribution in [0.2, 0.25) is 0 Å². The standard InChI is InChI=1S/C23H26N4O3S/c1-16-20(17(2)30-26-16)15-31-21-8-4-3-7-19(21)23(28)25-14-18-6-5-9-24-22(18)27-10-12-29-13-11-27/h3-9H,10-15H2,1-2H3,(H,25,28). The molecule has 0 spiro atoms. The summed E-state index contributed by atoms with van der Waals surface area (Å²) >= 11 is 1.61. The molecule has 0 atom stereocenters. The molecule has 31 heavy (non-hydrogen) atoms. The van der Waals surface area contributed by atoms with Gasteiger partial charge in [0, 0.05) is 47.6 Å². The number of anilines is 1. The van der Waals surface area contributed by atoms with E-state index in [0.29, 0.717) is 31.1 Å². The number of benzene rings is 1. The summed E-state index contributed by atoms with van der Waals surface area (Å²) in [5.74, 6) is 2.33. The molecule has 8 heteroatoms. The lowest BCUT2D eigenvalue weighted by molar-refractivity contribution is 0.0947. The van der Waals surface area contributed by atoms with Crippen molar-refractivity contribution >= 4 is 23.5 Å². The van der Waals surface area contributed by atoms with Crippen molar-refractivity contribution in [2.75, 3.05) is 31.2 Å². The van der Waals surface area contributed by atoms with Crippen LogP contribution in [0.15, 0.2) is 52.0 Å². The van der Waals surface area contributed by atoms with Crippen molar-refractivity contribution in [3.8, 4) is 0 Å². The van der Waals surface area contributed by atoms with Crippen molar-refractivity contribution in [3.05, 3.63) is 70.7 Å². The largest absolute Gasteiger partial charge is 0.378 e. The summed E-state index contributed by atoms with van der Waals surface area (Å²) in [7, 11) is 0. The SMILES string of the molecule is Cc1noc(C)c1CSc1ccccc1C(=O)NCc1cccnc1N1CCOCC1. The van der Waals surface area contributed by atoms with Crippen molar-refractivity contribution in [1.29, 1.82) is 0 Å². The molecule has 1 saturated heterocycles. The zero-order chi connectivity index (χ0) is 21.6. The summed E-state index contributed by atoms with van der Waals surface area (Å²) in [5.41, 5.74) is 3.62. The highest BCUT2D eigenvalue weighted by atomic mass is 32.2. The molecule has 1 fully saturated rings. The molecule has 3 heterocycles. The average molecular weight is 439 g/mol. The Morgan fingerprint density at radius 1 is 1.16 bits per heavy atom. The van der Waals surface area contributed by atoms with Gasteiger partial charge in [0.2, 0.25) is 0 Å². The predicted molar refractivity (Wildman–Crippen MR) is 120 cm³/mol. The van der Waals surface area contributed by atoms with E-state index in [1.807, 2.05) is 50.2 Å². The number of hydrogen-bond acceptors (Lipinski definition) is 7. The summed E-state index contributed by atoms with van der Waals surface area (Å²) in [6.07, 6.45) is 1.79. The molecule has 1 aliphatic heterocycles. The van der Waals surface area contributed by atoms with Gasteiger partial charge in [0.05, 0.1) is 24.5 Å². The van der Waals surface area contributed by atoms with E-state index >= 15 is 0 Å². The molecule has 0 radical (unpaired) electrons. The fraction of sp³-hybridized carbons (Fsp3) is 0.348. The van der Waals surface area contributed by atoms with Crippen molar-refractivity contribution in [1.82, 2.24) is 15.5 Å². The van der Waals surface area contributed by atoms with Gasteiger partial charge in [-0.15, -0.1) is 11.8 Å². The Kier molecular flexibility index (Phi) is 6.89. The summed E-state index contributed by atoms with van der Waals surface area (Å²) in [6, 6.07) is 11.6. The number of carbonyl (C=O) groups is 1. The maximum atomic E-state index is 13.0. The number of aryl methyl sites for hydroxylation is 2. The molecule has 0 bridgehead atoms. The minimum absolute atomic E-state index is 0.0985. The van der Waals surface area contributed by atoms with Gasteiger partial charge in [-0.05, 0) is 32.0 Å². The lowest BCUT2D eigenvalue weighted by Gasteiger charge is -2.29. The van der Waals surface area contributed by atoms with E-state index < -0.39 is 0 Å². The molecule has 3 aromatic rings. The van der Waals surface area contributed by atoms with Crippen LogP contribution >= 0.6 is 11.8 Å². The maximum Gasteiger partial charge on any atom is 0.252 e. The third kappa shape index (κ3) is 5.08. The van der Waals surface area contributed by atoms with Crippen LogP contribution in [-0.2, 0) is 17.0 Å². The highest BCUT2D eigenvalue weighted by Gasteiger charge is 2.18. The monoisotopic (exact) mass is 438 g/mol. The highest BCUT2D eigenvalue weighted by molar-refractivity contribution is 7.98. The van der Waals surface area contributed by atoms with Crippen LogP contribution < -0.4 is 10.2 Å². The van der Waals surface area contributed by atoms with Gasteiger partial charge in [0.15, 0.2) is 0 Å². The van der Waals surface area contributed by atoms with Crippen LogP contribution in [0, 0.1) is 13.8 Å². The second kappa shape index (κ2) is 9.98. The van der Waals surface area contributed by atoms with Crippen LogP contribution in [0.25, 0.3) is 0 Å². The number of pyridine rings is 1. The van der Waals surface area contributed by atoms with E-state index in [9.17, 15) is 4.79 Å². The molecule has 0 aliphatic carbocycles. The quantitative estimate of drug-likeness (QED) is 0.563. The first kappa shape index (κ1) is 21.4. The smallest absolute Gasteiger partial charge is 0.252 e. The lowest BCUT2D eigenvalue weighted by atomic mass is 10.2. The first-order chi connectivity index (χ1) is 15.1. The van der Waals surface area contributed by atoms with Gasteiger partial charge >= 0.3 is 0 Å². The van der Waals surface area contributed by atoms with Crippen LogP contribution in [0.5, 0.6) is 0 Å². The third-order valence-corrected chi connectivity index (χ3v) is 6.40. The number of nitrogens with one attached hydrogen (secondary N) is 1. The number of hydrogen-bond donors (Lipinski definition) is 1. The first-order valence-corrected chi connectivity index (χ1v) is 11.3. The number of carbonyl (C=O) groups excluding carboxylic acids is 1. The minimum Gasteiger partial charge on any atom is -0.378 e. The van der Waals surface area contributed by atoms with Crippen LogP contribution in [0.4, 0.5) is 5.82 Å². The summed E-state index contributed by atoms with van der Waals surface area (Å²) in [6.45, 7) is 7.26. The summed E-state index contributed by atoms with van der Waals surface area (Å²) in [5, 5.41) is 7.08. The van der Waals surface area contributed by atoms with Crippen LogP contribution in [-0.4, -0.2) is 42.4 Å². The van der Waals surface area contributed by atoms with E-state index in [2.05, 4.69) is 20.4 Å². The van der Waals surface area contributed by atoms with Gasteiger partial charge in [0.1, 0.15) is 11.6 Å². The number of morpholine rings is 1. The molecular formula is C23H26N4O3S. The molecule has 4 rings (SSSR count). The normalized spacial score (nSPS) is 13.9. The molecule has 1 amide bonds. The Morgan fingerprint density at radius 2 is 1.97 bits per heavy atom. The topological polar surface area (TPSA) is 80.5 Å². The number of thioether (sulfide) groups is 1. The Hall–Kier alpha value is -2.84. The predicted octanol–water partition coefficient (Wildman–Crippen LogP) is 3.75. The Morgan fingerprint density at radius 3 is 2.74 bits per heavy atom. The third-order valence-electron chi connectivity index (χ3n) is 5.30. The van der Waals surface area contributed by atoms with Gasteiger partial charge in [-0.25, -0.2) is 4.98 Å². The highest BCUT2D eigenvalue weighted by Crippen LogP contribution is 2.29. The second-order valence-electron chi connectivity index (χ2n) is 7.36. The van der Waals surface area contributed by atoms with E-state index in [0.717, 1.165) is 46.4 Å². The summed E-state index contributed by atoms with van der Waals surface area (Å²) in [4.78, 5) is 20.7. The molecule has 162 valence electrons. The fourth-order valence-corrected chi connectivity index (χ4v) is 4.74. The maximum absolute atomic E-state index is 13.0. The Bertz CT molecular complexity index is 1030. The Balaban J connectivity index is 1.44. The van der Waals surface area contributed by atoms with Crippen molar-refractivity contribution < 1.29 is 14.1 Å². The molecule has 0 saturated carbocycles. The molecule has 1 N–H and O–H groups in total. The molecular weight excluding hydrogens is 412 g/mol. The molecule has 1 aromatic carbocycles. The number of amides is 1. The number of ether oxygens (including phenoxy) is 1. The molecule has 7 nitrogen and oxygen atoms in total. The van der Waals surface area contributed by atoms with Gasteiger partial charge in [-0.2, -0.15) is 0 Å².